The number of nitrogens with one attached hydrogen (secondary N) is 1. The number of hydrogen-bond acceptors (Lipinski definition) is 8. The Balaban J connectivity index is 1.09. The molecule has 0 spiro atoms. The fourth-order valence-corrected chi connectivity index (χ4v) is 9.97. The van der Waals surface area contributed by atoms with Crippen LogP contribution >= 0.6 is 0 Å². The van der Waals surface area contributed by atoms with Crippen LogP contribution in [-0.4, -0.2) is 78.5 Å². The monoisotopic (exact) mass is 762 g/mol. The molecule has 2 unspecified atom stereocenters. The third-order valence-electron chi connectivity index (χ3n) is 12.5. The van der Waals surface area contributed by atoms with Crippen LogP contribution in [0.3, 0.4) is 0 Å². The number of ether oxygens (including phenoxy) is 1. The van der Waals surface area contributed by atoms with Gasteiger partial charge < -0.3 is 18.6 Å². The van der Waals surface area contributed by atoms with Gasteiger partial charge in [0.15, 0.2) is 0 Å². The summed E-state index contributed by atoms with van der Waals surface area (Å²) in [5.41, 5.74) is 5.86. The van der Waals surface area contributed by atoms with Crippen molar-refractivity contribution < 1.29 is 27.2 Å². The Kier molecular flexibility index (Phi) is 8.84. The number of benzene rings is 3. The molecule has 1 saturated heterocycles. The minimum absolute atomic E-state index is 0.00179. The number of amides is 2. The molecular weight excluding hydrogens is 717 g/mol. The molecule has 2 saturated carbocycles. The molecule has 2 aromatic heterocycles. The van der Waals surface area contributed by atoms with Crippen molar-refractivity contribution in [2.24, 2.45) is 5.41 Å². The second-order valence-electron chi connectivity index (χ2n) is 15.9. The normalized spacial score (nSPS) is 21.5. The highest BCUT2D eigenvalue weighted by Crippen LogP contribution is 2.66. The molecule has 2 aliphatic heterocycles. The molecular formula is C42H46N6O6S. The summed E-state index contributed by atoms with van der Waals surface area (Å²) in [6, 6.07) is 21.5. The Bertz CT molecular complexity index is 2410. The molecule has 55 heavy (non-hydrogen) atoms. The van der Waals surface area contributed by atoms with E-state index in [2.05, 4.69) is 31.6 Å². The van der Waals surface area contributed by atoms with E-state index in [4.69, 9.17) is 9.15 Å². The largest absolute Gasteiger partial charge is 0.497 e. The van der Waals surface area contributed by atoms with Gasteiger partial charge in [-0.15, -0.1) is 10.2 Å². The van der Waals surface area contributed by atoms with E-state index in [0.29, 0.717) is 43.8 Å². The van der Waals surface area contributed by atoms with Crippen LogP contribution in [0.2, 0.25) is 0 Å². The molecule has 3 aromatic carbocycles. The quantitative estimate of drug-likeness (QED) is 0.181. The van der Waals surface area contributed by atoms with E-state index in [9.17, 15) is 13.2 Å². The summed E-state index contributed by atoms with van der Waals surface area (Å²) in [6.45, 7) is 1.63. The van der Waals surface area contributed by atoms with E-state index in [0.717, 1.165) is 81.9 Å². The fraction of sp³-hybridized carbons (Fsp3) is 0.429. The number of carbonyl (C=O) groups excluding carboxylic acids is 2. The lowest BCUT2D eigenvalue weighted by Crippen LogP contribution is -2.44. The third kappa shape index (κ3) is 6.12. The maximum Gasteiger partial charge on any atom is 0.303 e. The van der Waals surface area contributed by atoms with Crippen LogP contribution in [0.1, 0.15) is 96.5 Å². The average molecular weight is 763 g/mol. The van der Waals surface area contributed by atoms with Crippen LogP contribution in [-0.2, 0) is 21.5 Å². The number of carbonyl (C=O) groups is 2. The maximum atomic E-state index is 15.0. The van der Waals surface area contributed by atoms with Gasteiger partial charge in [-0.2, -0.15) is 12.7 Å². The number of aromatic nitrogens is 3. The molecule has 12 nitrogen and oxygen atoms in total. The third-order valence-corrected chi connectivity index (χ3v) is 13.9. The molecule has 3 fully saturated rings. The van der Waals surface area contributed by atoms with Crippen LogP contribution in [0.25, 0.3) is 33.6 Å². The van der Waals surface area contributed by atoms with Crippen molar-refractivity contribution in [1.29, 1.82) is 0 Å². The summed E-state index contributed by atoms with van der Waals surface area (Å²) in [5.74, 6) is 1.71. The van der Waals surface area contributed by atoms with Crippen molar-refractivity contribution in [3.63, 3.8) is 0 Å². The molecule has 9 rings (SSSR count). The smallest absolute Gasteiger partial charge is 0.303 e. The average Bonchev–Trinajstić information content (AvgIpc) is 3.60. The molecule has 5 aromatic rings. The topological polar surface area (TPSA) is 140 Å². The Morgan fingerprint density at radius 2 is 1.69 bits per heavy atom. The Morgan fingerprint density at radius 3 is 2.42 bits per heavy atom. The zero-order chi connectivity index (χ0) is 38.1. The van der Waals surface area contributed by atoms with Crippen molar-refractivity contribution in [3.8, 4) is 28.5 Å². The predicted octanol–water partition coefficient (Wildman–Crippen LogP) is 6.84. The summed E-state index contributed by atoms with van der Waals surface area (Å²) in [6.07, 6.45) is 7.79. The second kappa shape index (κ2) is 13.6. The minimum atomic E-state index is -4.00. The second-order valence-corrected chi connectivity index (χ2v) is 17.8. The molecule has 0 bridgehead atoms. The first kappa shape index (κ1) is 35.7. The van der Waals surface area contributed by atoms with E-state index >= 15 is 4.79 Å². The van der Waals surface area contributed by atoms with E-state index in [-0.39, 0.29) is 23.3 Å². The van der Waals surface area contributed by atoms with Crippen molar-refractivity contribution >= 4 is 32.9 Å². The SMILES string of the molecule is COc1ccc2c(c1)C1CC1(C(=O)N1CCC(c3nnc(-c4ccccc4)o3)CC1)Cn1c-2c(C2CCCCC2)c2ccc(C(=O)NS(=O)(=O)N(C)C)cc21. The highest BCUT2D eigenvalue weighted by Gasteiger charge is 2.64. The molecule has 2 aliphatic carbocycles. The molecule has 4 aliphatic rings. The number of fused-ring (bicyclic) bond motifs is 7. The molecule has 0 radical (unpaired) electrons. The van der Waals surface area contributed by atoms with Crippen molar-refractivity contribution in [2.75, 3.05) is 34.3 Å². The summed E-state index contributed by atoms with van der Waals surface area (Å²) in [7, 11) is 0.439. The molecule has 2 atom stereocenters. The van der Waals surface area contributed by atoms with Gasteiger partial charge in [-0.3, -0.25) is 9.59 Å². The molecule has 1 N–H and O–H groups in total. The number of nitrogens with zero attached hydrogens (tertiary/aromatic N) is 5. The van der Waals surface area contributed by atoms with Gasteiger partial charge in [-0.1, -0.05) is 43.5 Å². The highest BCUT2D eigenvalue weighted by molar-refractivity contribution is 7.87. The van der Waals surface area contributed by atoms with Crippen LogP contribution in [0.4, 0.5) is 0 Å². The standard InChI is InChI=1S/C42H46N6O6S/c1-46(2)55(51,52)45-38(49)29-14-16-32-35(22-29)48-25-42(41(50)47-20-18-28(19-21-47)40-44-43-39(54-40)27-12-8-5-9-13-27)24-34(42)33-23-30(53-3)15-17-31(33)37(48)36(32)26-10-6-4-7-11-26/h5,8-9,12-17,22-23,26,28,34H,4,6-7,10-11,18-21,24-25H2,1-3H3,(H,45,49). The Morgan fingerprint density at radius 1 is 0.927 bits per heavy atom. The van der Waals surface area contributed by atoms with Crippen molar-refractivity contribution in [1.82, 2.24) is 28.7 Å². The fourth-order valence-electron chi connectivity index (χ4n) is 9.43. The van der Waals surface area contributed by atoms with Crippen LogP contribution < -0.4 is 9.46 Å². The lowest BCUT2D eigenvalue weighted by atomic mass is 9.81. The minimum Gasteiger partial charge on any atom is -0.497 e. The number of hydrogen-bond donors (Lipinski definition) is 1. The zero-order valence-corrected chi connectivity index (χ0v) is 32.3. The van der Waals surface area contributed by atoms with Gasteiger partial charge in [-0.05, 0) is 91.6 Å². The van der Waals surface area contributed by atoms with Crippen LogP contribution in [0.15, 0.2) is 71.1 Å². The van der Waals surface area contributed by atoms with Crippen LogP contribution in [0, 0.1) is 5.41 Å². The number of piperidine rings is 1. The predicted molar refractivity (Wildman–Crippen MR) is 208 cm³/mol. The van der Waals surface area contributed by atoms with Gasteiger partial charge in [0.1, 0.15) is 5.75 Å². The van der Waals surface area contributed by atoms with Gasteiger partial charge in [0, 0.05) is 73.2 Å². The first-order chi connectivity index (χ1) is 26.6. The lowest BCUT2D eigenvalue weighted by molar-refractivity contribution is -0.139. The van der Waals surface area contributed by atoms with Gasteiger partial charge >= 0.3 is 10.2 Å². The summed E-state index contributed by atoms with van der Waals surface area (Å²) in [5, 5.41) is 9.75. The van der Waals surface area contributed by atoms with Gasteiger partial charge in [0.05, 0.1) is 18.2 Å². The van der Waals surface area contributed by atoms with Crippen molar-refractivity contribution in [3.05, 3.63) is 89.3 Å². The first-order valence-corrected chi connectivity index (χ1v) is 20.8. The summed E-state index contributed by atoms with van der Waals surface area (Å²) in [4.78, 5) is 30.5. The number of likely N-dealkylation sites (tertiary alicyclic amines) is 1. The van der Waals surface area contributed by atoms with E-state index in [1.807, 2.05) is 53.4 Å². The zero-order valence-electron chi connectivity index (χ0n) is 31.5. The van der Waals surface area contributed by atoms with E-state index in [1.54, 1.807) is 13.2 Å². The molecule has 4 heterocycles. The molecule has 13 heteroatoms. The van der Waals surface area contributed by atoms with E-state index < -0.39 is 21.5 Å². The Labute approximate surface area is 321 Å². The summed E-state index contributed by atoms with van der Waals surface area (Å²) >= 11 is 0. The van der Waals surface area contributed by atoms with Crippen LogP contribution in [0.5, 0.6) is 5.75 Å². The number of rotatable bonds is 8. The van der Waals surface area contributed by atoms with Gasteiger partial charge in [-0.25, -0.2) is 4.72 Å². The van der Waals surface area contributed by atoms with Gasteiger partial charge in [0.25, 0.3) is 5.91 Å². The number of methoxy groups -OCH3 is 1. The van der Waals surface area contributed by atoms with Gasteiger partial charge in [0.2, 0.25) is 17.7 Å². The molecule has 286 valence electrons. The lowest BCUT2D eigenvalue weighted by Gasteiger charge is -2.34. The first-order valence-electron chi connectivity index (χ1n) is 19.3. The summed E-state index contributed by atoms with van der Waals surface area (Å²) < 4.78 is 42.6. The van der Waals surface area contributed by atoms with E-state index in [1.165, 1.54) is 26.1 Å². The van der Waals surface area contributed by atoms with Crippen molar-refractivity contribution in [2.45, 2.75) is 75.7 Å². The molecule has 2 amide bonds. The maximum absolute atomic E-state index is 15.0. The Hall–Kier alpha value is -5.01. The highest BCUT2D eigenvalue weighted by atomic mass is 32.2.